The minimum atomic E-state index is -0.671. The summed E-state index contributed by atoms with van der Waals surface area (Å²) in [5.41, 5.74) is 2.01. The Morgan fingerprint density at radius 3 is 2.85 bits per heavy atom. The first kappa shape index (κ1) is 19.3. The number of hydrogen-bond acceptors (Lipinski definition) is 7. The van der Waals surface area contributed by atoms with E-state index >= 15 is 0 Å². The molecule has 1 fully saturated rings. The van der Waals surface area contributed by atoms with Crippen molar-refractivity contribution >= 4 is 29.4 Å². The molecular weight excluding hydrogens is 428 g/mol. The lowest BCUT2D eigenvalue weighted by molar-refractivity contribution is -0.136. The minimum Gasteiger partial charge on any atom is -0.322 e. The molecule has 1 saturated heterocycles. The molecule has 12 nitrogen and oxygen atoms in total. The Hall–Kier alpha value is -4.35. The molecule has 6 rings (SSSR count). The summed E-state index contributed by atoms with van der Waals surface area (Å²) in [6, 6.07) is 6.37. The van der Waals surface area contributed by atoms with Crippen molar-refractivity contribution in [2.75, 3.05) is 11.4 Å². The standard InChI is InChI=1S/C21H18N8O4/c30-17-4-3-16(19(31)23-17)27-10-12-1-2-13(9-14(12)20(27)32)29-11-15(24-25-29)21(33)26-7-8-28-18(26)5-6-22-28/h1-2,5-6,9,11,16H,3-4,7-8,10H2,(H,23,30,31). The van der Waals surface area contributed by atoms with Crippen LogP contribution in [0.4, 0.5) is 5.82 Å². The van der Waals surface area contributed by atoms with Crippen molar-refractivity contribution in [3.8, 4) is 5.69 Å². The first-order valence-corrected chi connectivity index (χ1v) is 10.5. The topological polar surface area (TPSA) is 135 Å². The van der Waals surface area contributed by atoms with Crippen LogP contribution >= 0.6 is 0 Å². The third kappa shape index (κ3) is 3.02. The number of benzene rings is 1. The average Bonchev–Trinajstić information content (AvgIpc) is 3.58. The van der Waals surface area contributed by atoms with Crippen LogP contribution < -0.4 is 10.2 Å². The summed E-state index contributed by atoms with van der Waals surface area (Å²) < 4.78 is 3.20. The van der Waals surface area contributed by atoms with Gasteiger partial charge in [-0.15, -0.1) is 5.10 Å². The normalized spacial score (nSPS) is 19.6. The van der Waals surface area contributed by atoms with E-state index in [1.807, 2.05) is 0 Å². The highest BCUT2D eigenvalue weighted by atomic mass is 16.2. The minimum absolute atomic E-state index is 0.182. The molecule has 2 aromatic heterocycles. The summed E-state index contributed by atoms with van der Waals surface area (Å²) in [7, 11) is 0. The number of piperidine rings is 1. The van der Waals surface area contributed by atoms with Crippen LogP contribution in [0.5, 0.6) is 0 Å². The number of carbonyl (C=O) groups excluding carboxylic acids is 4. The highest BCUT2D eigenvalue weighted by molar-refractivity contribution is 6.06. The van der Waals surface area contributed by atoms with Crippen LogP contribution in [-0.2, 0) is 22.7 Å². The Kier molecular flexibility index (Phi) is 4.15. The van der Waals surface area contributed by atoms with Gasteiger partial charge >= 0.3 is 0 Å². The molecule has 0 saturated carbocycles. The quantitative estimate of drug-likeness (QED) is 0.554. The summed E-state index contributed by atoms with van der Waals surface area (Å²) in [5.74, 6) is -0.607. The van der Waals surface area contributed by atoms with Gasteiger partial charge in [-0.25, -0.2) is 9.36 Å². The zero-order valence-electron chi connectivity index (χ0n) is 17.3. The van der Waals surface area contributed by atoms with E-state index < -0.39 is 11.9 Å². The third-order valence-corrected chi connectivity index (χ3v) is 6.24. The number of nitrogens with one attached hydrogen (secondary N) is 1. The summed E-state index contributed by atoms with van der Waals surface area (Å²) in [4.78, 5) is 52.7. The Morgan fingerprint density at radius 2 is 2.00 bits per heavy atom. The molecule has 3 aliphatic rings. The van der Waals surface area contributed by atoms with Crippen molar-refractivity contribution in [2.45, 2.75) is 32.0 Å². The first-order valence-electron chi connectivity index (χ1n) is 10.5. The second-order valence-electron chi connectivity index (χ2n) is 8.16. The summed E-state index contributed by atoms with van der Waals surface area (Å²) in [6.07, 6.45) is 3.68. The number of rotatable bonds is 3. The smallest absolute Gasteiger partial charge is 0.281 e. The van der Waals surface area contributed by atoms with Gasteiger partial charge in [0, 0.05) is 31.1 Å². The van der Waals surface area contributed by atoms with Gasteiger partial charge in [-0.3, -0.25) is 29.4 Å². The van der Waals surface area contributed by atoms with Crippen LogP contribution in [-0.4, -0.2) is 65.9 Å². The second kappa shape index (κ2) is 7.08. The molecule has 0 aliphatic carbocycles. The number of imide groups is 1. The molecule has 0 spiro atoms. The van der Waals surface area contributed by atoms with Crippen LogP contribution in [0, 0.1) is 0 Å². The number of anilines is 1. The lowest BCUT2D eigenvalue weighted by Gasteiger charge is -2.29. The molecule has 1 aromatic carbocycles. The van der Waals surface area contributed by atoms with E-state index in [4.69, 9.17) is 0 Å². The fourth-order valence-corrected chi connectivity index (χ4v) is 4.55. The molecule has 4 amide bonds. The Morgan fingerprint density at radius 1 is 1.12 bits per heavy atom. The highest BCUT2D eigenvalue weighted by Crippen LogP contribution is 2.29. The van der Waals surface area contributed by atoms with Crippen LogP contribution in [0.3, 0.4) is 0 Å². The summed E-state index contributed by atoms with van der Waals surface area (Å²) >= 11 is 0. The van der Waals surface area contributed by atoms with Gasteiger partial charge in [-0.1, -0.05) is 11.3 Å². The molecule has 5 heterocycles. The average molecular weight is 446 g/mol. The molecule has 1 atom stereocenters. The van der Waals surface area contributed by atoms with Crippen molar-refractivity contribution in [2.24, 2.45) is 0 Å². The molecule has 0 radical (unpaired) electrons. The molecule has 12 heteroatoms. The molecule has 166 valence electrons. The van der Waals surface area contributed by atoms with Gasteiger partial charge in [-0.2, -0.15) is 5.10 Å². The van der Waals surface area contributed by atoms with E-state index in [2.05, 4.69) is 20.7 Å². The number of amides is 4. The van der Waals surface area contributed by atoms with Gasteiger partial charge in [0.2, 0.25) is 11.8 Å². The van der Waals surface area contributed by atoms with Gasteiger partial charge in [-0.05, 0) is 24.1 Å². The van der Waals surface area contributed by atoms with Gasteiger partial charge in [0.05, 0.1) is 24.6 Å². The van der Waals surface area contributed by atoms with Crippen LogP contribution in [0.1, 0.15) is 39.3 Å². The van der Waals surface area contributed by atoms with Crippen LogP contribution in [0.15, 0.2) is 36.7 Å². The maximum absolute atomic E-state index is 13.0. The Bertz CT molecular complexity index is 1340. The fraction of sp³-hybridized carbons (Fsp3) is 0.286. The van der Waals surface area contributed by atoms with E-state index in [-0.39, 0.29) is 29.8 Å². The van der Waals surface area contributed by atoms with E-state index in [1.165, 1.54) is 15.8 Å². The summed E-state index contributed by atoms with van der Waals surface area (Å²) in [6.45, 7) is 1.43. The van der Waals surface area contributed by atoms with Crippen LogP contribution in [0.25, 0.3) is 5.69 Å². The summed E-state index contributed by atoms with van der Waals surface area (Å²) in [5, 5.41) is 14.6. The van der Waals surface area contributed by atoms with Gasteiger partial charge < -0.3 is 4.90 Å². The van der Waals surface area contributed by atoms with Crippen molar-refractivity contribution in [1.82, 2.24) is 35.0 Å². The number of nitrogens with zero attached hydrogens (tertiary/aromatic N) is 7. The third-order valence-electron chi connectivity index (χ3n) is 6.24. The van der Waals surface area contributed by atoms with E-state index in [1.54, 1.807) is 40.0 Å². The van der Waals surface area contributed by atoms with Gasteiger partial charge in [0.25, 0.3) is 11.8 Å². The van der Waals surface area contributed by atoms with E-state index in [0.29, 0.717) is 43.1 Å². The molecular formula is C21H18N8O4. The molecule has 1 unspecified atom stereocenters. The SMILES string of the molecule is O=C1CCC(N2Cc3ccc(-n4cc(C(=O)N5CCn6nccc65)nn4)cc3C2=O)C(=O)N1. The predicted octanol–water partition coefficient (Wildman–Crippen LogP) is -0.115. The first-order chi connectivity index (χ1) is 16.0. The number of fused-ring (bicyclic) bond motifs is 2. The maximum Gasteiger partial charge on any atom is 0.281 e. The molecule has 3 aliphatic heterocycles. The zero-order valence-corrected chi connectivity index (χ0v) is 17.3. The largest absolute Gasteiger partial charge is 0.322 e. The van der Waals surface area contributed by atoms with Crippen molar-refractivity contribution in [3.63, 3.8) is 0 Å². The Balaban J connectivity index is 1.24. The van der Waals surface area contributed by atoms with Crippen molar-refractivity contribution in [3.05, 3.63) is 53.5 Å². The predicted molar refractivity (Wildman–Crippen MR) is 111 cm³/mol. The second-order valence-corrected chi connectivity index (χ2v) is 8.16. The number of hydrogen-bond donors (Lipinski definition) is 1. The molecule has 1 N–H and O–H groups in total. The van der Waals surface area contributed by atoms with Gasteiger partial charge in [0.1, 0.15) is 11.9 Å². The van der Waals surface area contributed by atoms with E-state index in [0.717, 1.165) is 5.56 Å². The monoisotopic (exact) mass is 446 g/mol. The number of aromatic nitrogens is 5. The Labute approximate surface area is 186 Å². The maximum atomic E-state index is 13.0. The fourth-order valence-electron chi connectivity index (χ4n) is 4.55. The van der Waals surface area contributed by atoms with Crippen LogP contribution in [0.2, 0.25) is 0 Å². The van der Waals surface area contributed by atoms with Gasteiger partial charge in [0.15, 0.2) is 5.69 Å². The highest BCUT2D eigenvalue weighted by Gasteiger charge is 2.39. The lowest BCUT2D eigenvalue weighted by atomic mass is 10.0. The van der Waals surface area contributed by atoms with E-state index in [9.17, 15) is 19.2 Å². The van der Waals surface area contributed by atoms with Crippen molar-refractivity contribution in [1.29, 1.82) is 0 Å². The number of carbonyl (C=O) groups is 4. The lowest BCUT2D eigenvalue weighted by Crippen LogP contribution is -2.52. The molecule has 0 bridgehead atoms. The molecule has 3 aromatic rings. The van der Waals surface area contributed by atoms with Crippen molar-refractivity contribution < 1.29 is 19.2 Å². The molecule has 33 heavy (non-hydrogen) atoms. The zero-order chi connectivity index (χ0) is 22.7.